The quantitative estimate of drug-likeness (QED) is 0.911. The zero-order chi connectivity index (χ0) is 16.6. The second-order valence-electron chi connectivity index (χ2n) is 6.42. The number of fused-ring (bicyclic) bond motifs is 1. The van der Waals surface area contributed by atoms with Crippen molar-refractivity contribution in [2.24, 2.45) is 0 Å². The molecule has 1 aliphatic carbocycles. The normalized spacial score (nSPS) is 22.9. The second-order valence-corrected chi connectivity index (χ2v) is 6.42. The first-order valence-electron chi connectivity index (χ1n) is 7.82. The number of ether oxygens (including phenoxy) is 1. The van der Waals surface area contributed by atoms with Gasteiger partial charge >= 0.3 is 0 Å². The van der Waals surface area contributed by atoms with Crippen molar-refractivity contribution >= 4 is 0 Å². The molecular formula is C19H22FNO2. The molecule has 122 valence electrons. The number of likely N-dealkylation sites (N-methyl/N-ethyl adjacent to an activating group) is 1. The van der Waals surface area contributed by atoms with Gasteiger partial charge in [-0.15, -0.1) is 0 Å². The van der Waals surface area contributed by atoms with Gasteiger partial charge in [0, 0.05) is 13.0 Å². The van der Waals surface area contributed by atoms with Crippen molar-refractivity contribution in [3.05, 3.63) is 64.5 Å². The van der Waals surface area contributed by atoms with Gasteiger partial charge < -0.3 is 15.2 Å². The second kappa shape index (κ2) is 5.95. The smallest absolute Gasteiger partial charge is 0.154 e. The first kappa shape index (κ1) is 16.0. The molecule has 2 unspecified atom stereocenters. The van der Waals surface area contributed by atoms with E-state index in [9.17, 15) is 9.50 Å². The lowest BCUT2D eigenvalue weighted by molar-refractivity contribution is -0.0487. The summed E-state index contributed by atoms with van der Waals surface area (Å²) >= 11 is 0. The van der Waals surface area contributed by atoms with Crippen molar-refractivity contribution < 1.29 is 14.2 Å². The maximum atomic E-state index is 13.3. The van der Waals surface area contributed by atoms with Gasteiger partial charge in [0.05, 0.1) is 0 Å². The van der Waals surface area contributed by atoms with Crippen molar-refractivity contribution in [2.45, 2.75) is 32.0 Å². The fourth-order valence-corrected chi connectivity index (χ4v) is 3.34. The van der Waals surface area contributed by atoms with E-state index in [-0.39, 0.29) is 5.82 Å². The van der Waals surface area contributed by atoms with Crippen LogP contribution < -0.4 is 10.1 Å². The van der Waals surface area contributed by atoms with E-state index in [0.29, 0.717) is 18.7 Å². The highest BCUT2D eigenvalue weighted by Crippen LogP contribution is 2.43. The number of rotatable bonds is 4. The van der Waals surface area contributed by atoms with Gasteiger partial charge in [0.15, 0.2) is 6.10 Å². The van der Waals surface area contributed by atoms with Crippen molar-refractivity contribution in [1.82, 2.24) is 5.32 Å². The highest BCUT2D eigenvalue weighted by atomic mass is 19.1. The predicted octanol–water partition coefficient (Wildman–Crippen LogP) is 3.07. The number of halogens is 1. The topological polar surface area (TPSA) is 41.5 Å². The molecule has 0 bridgehead atoms. The van der Waals surface area contributed by atoms with Gasteiger partial charge in [-0.2, -0.15) is 0 Å². The molecule has 0 radical (unpaired) electrons. The first-order valence-corrected chi connectivity index (χ1v) is 7.82. The molecule has 4 heteroatoms. The van der Waals surface area contributed by atoms with E-state index in [4.69, 9.17) is 4.74 Å². The Morgan fingerprint density at radius 2 is 2.04 bits per heavy atom. The van der Waals surface area contributed by atoms with Crippen LogP contribution in [0.3, 0.4) is 0 Å². The van der Waals surface area contributed by atoms with E-state index >= 15 is 0 Å². The Morgan fingerprint density at radius 1 is 1.26 bits per heavy atom. The number of aliphatic hydroxyl groups is 1. The van der Waals surface area contributed by atoms with Gasteiger partial charge in [-0.1, -0.05) is 23.8 Å². The van der Waals surface area contributed by atoms with Crippen molar-refractivity contribution in [1.29, 1.82) is 0 Å². The summed E-state index contributed by atoms with van der Waals surface area (Å²) in [5, 5.41) is 14.2. The largest absolute Gasteiger partial charge is 0.482 e. The molecule has 1 aliphatic rings. The Hall–Kier alpha value is -1.91. The molecular weight excluding hydrogens is 293 g/mol. The Labute approximate surface area is 136 Å². The SMILES string of the molecule is CNCC1(O)Cc2ccc(C)cc2C1Oc1ccc(F)cc1C. The molecule has 0 spiro atoms. The molecule has 2 aromatic rings. The van der Waals surface area contributed by atoms with Crippen LogP contribution in [-0.2, 0) is 6.42 Å². The number of hydrogen-bond acceptors (Lipinski definition) is 3. The summed E-state index contributed by atoms with van der Waals surface area (Å²) in [4.78, 5) is 0. The molecule has 23 heavy (non-hydrogen) atoms. The van der Waals surface area contributed by atoms with E-state index in [2.05, 4.69) is 11.4 Å². The van der Waals surface area contributed by atoms with Crippen LogP contribution >= 0.6 is 0 Å². The molecule has 0 amide bonds. The van der Waals surface area contributed by atoms with Gasteiger partial charge in [0.2, 0.25) is 0 Å². The van der Waals surface area contributed by atoms with Crippen LogP contribution in [0.4, 0.5) is 4.39 Å². The van der Waals surface area contributed by atoms with Crippen LogP contribution in [0, 0.1) is 19.7 Å². The van der Waals surface area contributed by atoms with Gasteiger partial charge in [0.1, 0.15) is 17.2 Å². The number of nitrogens with one attached hydrogen (secondary N) is 1. The number of benzene rings is 2. The maximum absolute atomic E-state index is 13.3. The summed E-state index contributed by atoms with van der Waals surface area (Å²) in [7, 11) is 1.81. The lowest BCUT2D eigenvalue weighted by atomic mass is 9.97. The lowest BCUT2D eigenvalue weighted by Gasteiger charge is -2.31. The van der Waals surface area contributed by atoms with E-state index in [0.717, 1.165) is 22.3 Å². The van der Waals surface area contributed by atoms with Gasteiger partial charge in [-0.3, -0.25) is 0 Å². The standard InChI is InChI=1S/C19H22FNO2/c1-12-4-5-14-10-19(22,11-21-3)18(16(14)8-12)23-17-7-6-15(20)9-13(17)2/h4-9,18,21-22H,10-11H2,1-3H3. The van der Waals surface area contributed by atoms with Crippen LogP contribution in [0.25, 0.3) is 0 Å². The fraction of sp³-hybridized carbons (Fsp3) is 0.368. The number of hydrogen-bond donors (Lipinski definition) is 2. The van der Waals surface area contributed by atoms with Crippen LogP contribution in [0.5, 0.6) is 5.75 Å². The lowest BCUT2D eigenvalue weighted by Crippen LogP contribution is -2.45. The van der Waals surface area contributed by atoms with Crippen LogP contribution in [0.15, 0.2) is 36.4 Å². The highest BCUT2D eigenvalue weighted by molar-refractivity contribution is 5.43. The molecule has 0 saturated carbocycles. The molecule has 0 aromatic heterocycles. The third-order valence-corrected chi connectivity index (χ3v) is 4.43. The zero-order valence-electron chi connectivity index (χ0n) is 13.7. The molecule has 2 atom stereocenters. The third-order valence-electron chi connectivity index (χ3n) is 4.43. The van der Waals surface area contributed by atoms with E-state index in [1.807, 2.05) is 33.0 Å². The minimum atomic E-state index is -1.02. The molecule has 2 aromatic carbocycles. The summed E-state index contributed by atoms with van der Waals surface area (Å²) in [6.07, 6.45) is 0.0583. The molecule has 0 heterocycles. The minimum absolute atomic E-state index is 0.289. The van der Waals surface area contributed by atoms with Gasteiger partial charge in [0.25, 0.3) is 0 Å². The average molecular weight is 315 g/mol. The fourth-order valence-electron chi connectivity index (χ4n) is 3.34. The van der Waals surface area contributed by atoms with E-state index in [1.54, 1.807) is 6.07 Å². The van der Waals surface area contributed by atoms with Crippen LogP contribution in [0.1, 0.15) is 28.4 Å². The van der Waals surface area contributed by atoms with E-state index < -0.39 is 11.7 Å². The van der Waals surface area contributed by atoms with Gasteiger partial charge in [-0.25, -0.2) is 4.39 Å². The van der Waals surface area contributed by atoms with Crippen molar-refractivity contribution in [2.75, 3.05) is 13.6 Å². The zero-order valence-corrected chi connectivity index (χ0v) is 13.7. The highest BCUT2D eigenvalue weighted by Gasteiger charge is 2.46. The summed E-state index contributed by atoms with van der Waals surface area (Å²) in [5.74, 6) is 0.309. The number of aryl methyl sites for hydroxylation is 2. The molecule has 0 aliphatic heterocycles. The monoisotopic (exact) mass is 315 g/mol. The summed E-state index contributed by atoms with van der Waals surface area (Å²) < 4.78 is 19.5. The Balaban J connectivity index is 2.01. The molecule has 3 rings (SSSR count). The maximum Gasteiger partial charge on any atom is 0.154 e. The first-order chi connectivity index (χ1) is 10.9. The van der Waals surface area contributed by atoms with Crippen LogP contribution in [0.2, 0.25) is 0 Å². The third kappa shape index (κ3) is 2.96. The molecule has 0 saturated heterocycles. The Kier molecular flexibility index (Phi) is 4.13. The van der Waals surface area contributed by atoms with Crippen molar-refractivity contribution in [3.63, 3.8) is 0 Å². The Bertz CT molecular complexity index is 731. The predicted molar refractivity (Wildman–Crippen MR) is 88.3 cm³/mol. The summed E-state index contributed by atoms with van der Waals surface area (Å²) in [5.41, 5.74) is 2.93. The summed E-state index contributed by atoms with van der Waals surface area (Å²) in [6.45, 7) is 4.25. The minimum Gasteiger partial charge on any atom is -0.482 e. The molecule has 3 nitrogen and oxygen atoms in total. The van der Waals surface area contributed by atoms with E-state index in [1.165, 1.54) is 12.1 Å². The molecule has 0 fully saturated rings. The van der Waals surface area contributed by atoms with Crippen LogP contribution in [-0.4, -0.2) is 24.3 Å². The molecule has 2 N–H and O–H groups in total. The average Bonchev–Trinajstić information content (AvgIpc) is 2.74. The summed E-state index contributed by atoms with van der Waals surface area (Å²) in [6, 6.07) is 10.6. The van der Waals surface area contributed by atoms with Crippen molar-refractivity contribution in [3.8, 4) is 5.75 Å². The van der Waals surface area contributed by atoms with Gasteiger partial charge in [-0.05, 0) is 55.8 Å². The Morgan fingerprint density at radius 3 is 2.74 bits per heavy atom.